The van der Waals surface area contributed by atoms with E-state index in [9.17, 15) is 4.79 Å². The van der Waals surface area contributed by atoms with Crippen LogP contribution >= 0.6 is 0 Å². The highest BCUT2D eigenvalue weighted by Crippen LogP contribution is 2.10. The van der Waals surface area contributed by atoms with E-state index in [1.165, 1.54) is 0 Å². The van der Waals surface area contributed by atoms with Crippen molar-refractivity contribution in [2.45, 2.75) is 6.54 Å². The molecule has 1 aromatic heterocycles. The topological polar surface area (TPSA) is 81.6 Å². The molecule has 2 aromatic carbocycles. The average Bonchev–Trinajstić information content (AvgIpc) is 2.95. The third kappa shape index (κ3) is 2.74. The molecule has 0 aliphatic carbocycles. The Morgan fingerprint density at radius 1 is 1.19 bits per heavy atom. The van der Waals surface area contributed by atoms with Gasteiger partial charge in [0.2, 0.25) is 0 Å². The number of nitrogens with one attached hydrogen (secondary N) is 2. The van der Waals surface area contributed by atoms with Crippen molar-refractivity contribution >= 4 is 16.9 Å². The zero-order valence-electron chi connectivity index (χ0n) is 11.1. The Hall–Kier alpha value is -3.13. The molecule has 5 heteroatoms. The first-order valence-electron chi connectivity index (χ1n) is 6.48. The number of benzene rings is 2. The van der Waals surface area contributed by atoms with Crippen LogP contribution in [0.15, 0.2) is 48.5 Å². The van der Waals surface area contributed by atoms with Gasteiger partial charge in [-0.3, -0.25) is 4.79 Å². The number of hydrogen-bond acceptors (Lipinski definition) is 3. The molecule has 0 fully saturated rings. The highest BCUT2D eigenvalue weighted by atomic mass is 16.1. The number of carbonyl (C=O) groups is 1. The maximum absolute atomic E-state index is 12.0. The van der Waals surface area contributed by atoms with E-state index in [1.54, 1.807) is 24.3 Å². The summed E-state index contributed by atoms with van der Waals surface area (Å²) in [6.45, 7) is 0.327. The summed E-state index contributed by atoms with van der Waals surface area (Å²) in [7, 11) is 0. The molecule has 0 radical (unpaired) electrons. The van der Waals surface area contributed by atoms with Crippen LogP contribution in [-0.4, -0.2) is 15.9 Å². The second-order valence-corrected chi connectivity index (χ2v) is 4.57. The van der Waals surface area contributed by atoms with Gasteiger partial charge in [-0.05, 0) is 36.4 Å². The summed E-state index contributed by atoms with van der Waals surface area (Å²) in [6.07, 6.45) is 0. The summed E-state index contributed by atoms with van der Waals surface area (Å²) in [4.78, 5) is 19.5. The van der Waals surface area contributed by atoms with Crippen LogP contribution in [0.3, 0.4) is 0 Å². The molecule has 5 nitrogen and oxygen atoms in total. The summed E-state index contributed by atoms with van der Waals surface area (Å²) < 4.78 is 0. The van der Waals surface area contributed by atoms with Gasteiger partial charge in [-0.2, -0.15) is 5.26 Å². The van der Waals surface area contributed by atoms with Gasteiger partial charge in [0, 0.05) is 5.56 Å². The fourth-order valence-corrected chi connectivity index (χ4v) is 2.05. The van der Waals surface area contributed by atoms with Crippen LogP contribution in [-0.2, 0) is 6.54 Å². The van der Waals surface area contributed by atoms with E-state index < -0.39 is 0 Å². The predicted octanol–water partition coefficient (Wildman–Crippen LogP) is 2.36. The van der Waals surface area contributed by atoms with E-state index in [1.807, 2.05) is 30.3 Å². The maximum atomic E-state index is 12.0. The molecule has 1 amide bonds. The van der Waals surface area contributed by atoms with E-state index in [0.29, 0.717) is 23.5 Å². The van der Waals surface area contributed by atoms with Crippen LogP contribution < -0.4 is 5.32 Å². The third-order valence-corrected chi connectivity index (χ3v) is 3.13. The molecule has 0 saturated heterocycles. The Labute approximate surface area is 121 Å². The minimum atomic E-state index is -0.194. The molecule has 0 spiro atoms. The maximum Gasteiger partial charge on any atom is 0.251 e. The number of hydrogen-bond donors (Lipinski definition) is 2. The predicted molar refractivity (Wildman–Crippen MR) is 78.4 cm³/mol. The lowest BCUT2D eigenvalue weighted by Crippen LogP contribution is -2.23. The van der Waals surface area contributed by atoms with E-state index in [0.717, 1.165) is 11.0 Å². The first kappa shape index (κ1) is 12.9. The van der Waals surface area contributed by atoms with Gasteiger partial charge in [0.15, 0.2) is 0 Å². The number of H-pyrrole nitrogens is 1. The van der Waals surface area contributed by atoms with Crippen LogP contribution in [0.5, 0.6) is 0 Å². The second-order valence-electron chi connectivity index (χ2n) is 4.57. The van der Waals surface area contributed by atoms with Crippen molar-refractivity contribution in [3.8, 4) is 6.07 Å². The number of imidazole rings is 1. The highest BCUT2D eigenvalue weighted by molar-refractivity contribution is 5.94. The average molecular weight is 276 g/mol. The van der Waals surface area contributed by atoms with Gasteiger partial charge in [-0.15, -0.1) is 0 Å². The van der Waals surface area contributed by atoms with Crippen molar-refractivity contribution in [3.63, 3.8) is 0 Å². The van der Waals surface area contributed by atoms with Crippen molar-refractivity contribution in [2.24, 2.45) is 0 Å². The molecule has 21 heavy (non-hydrogen) atoms. The number of aromatic amines is 1. The molecule has 0 bridgehead atoms. The fraction of sp³-hybridized carbons (Fsp3) is 0.0625. The van der Waals surface area contributed by atoms with Gasteiger partial charge in [0.05, 0.1) is 29.2 Å². The van der Waals surface area contributed by atoms with Crippen LogP contribution in [0, 0.1) is 11.3 Å². The first-order chi connectivity index (χ1) is 10.3. The number of fused-ring (bicyclic) bond motifs is 1. The largest absolute Gasteiger partial charge is 0.345 e. The minimum Gasteiger partial charge on any atom is -0.345 e. The Balaban J connectivity index is 1.68. The van der Waals surface area contributed by atoms with Crippen molar-refractivity contribution in [2.75, 3.05) is 0 Å². The van der Waals surface area contributed by atoms with Gasteiger partial charge < -0.3 is 10.3 Å². The van der Waals surface area contributed by atoms with Crippen LogP contribution in [0.25, 0.3) is 11.0 Å². The number of aromatic nitrogens is 2. The van der Waals surface area contributed by atoms with Crippen molar-refractivity contribution < 1.29 is 4.79 Å². The fourth-order valence-electron chi connectivity index (χ4n) is 2.05. The van der Waals surface area contributed by atoms with Crippen molar-refractivity contribution in [1.82, 2.24) is 15.3 Å². The lowest BCUT2D eigenvalue weighted by atomic mass is 10.1. The Kier molecular flexibility index (Phi) is 3.36. The van der Waals surface area contributed by atoms with Crippen molar-refractivity contribution in [3.05, 3.63) is 65.5 Å². The summed E-state index contributed by atoms with van der Waals surface area (Å²) in [5, 5.41) is 11.5. The summed E-state index contributed by atoms with van der Waals surface area (Å²) in [5.41, 5.74) is 2.87. The Morgan fingerprint density at radius 3 is 2.67 bits per heavy atom. The van der Waals surface area contributed by atoms with Crippen LogP contribution in [0.1, 0.15) is 21.7 Å². The molecule has 3 aromatic rings. The number of para-hydroxylation sites is 2. The zero-order chi connectivity index (χ0) is 14.7. The number of amides is 1. The molecular formula is C16H12N4O. The molecular weight excluding hydrogens is 264 g/mol. The standard InChI is InChI=1S/C16H12N4O/c17-9-11-5-7-12(8-6-11)16(21)18-10-15-19-13-3-1-2-4-14(13)20-15/h1-8H,10H2,(H,18,21)(H,19,20). The lowest BCUT2D eigenvalue weighted by molar-refractivity contribution is 0.0950. The summed E-state index contributed by atoms with van der Waals surface area (Å²) in [5.74, 6) is 0.512. The monoisotopic (exact) mass is 276 g/mol. The van der Waals surface area contributed by atoms with Gasteiger partial charge in [0.25, 0.3) is 5.91 Å². The highest BCUT2D eigenvalue weighted by Gasteiger charge is 2.07. The number of nitrogens with zero attached hydrogens (tertiary/aromatic N) is 2. The molecule has 0 aliphatic heterocycles. The number of rotatable bonds is 3. The van der Waals surface area contributed by atoms with Gasteiger partial charge >= 0.3 is 0 Å². The minimum absolute atomic E-state index is 0.194. The molecule has 0 unspecified atom stereocenters. The molecule has 0 saturated carbocycles. The van der Waals surface area contributed by atoms with Gasteiger partial charge in [0.1, 0.15) is 5.82 Å². The second kappa shape index (κ2) is 5.47. The Morgan fingerprint density at radius 2 is 1.95 bits per heavy atom. The molecule has 0 atom stereocenters. The normalized spacial score (nSPS) is 10.2. The van der Waals surface area contributed by atoms with Crippen LogP contribution in [0.2, 0.25) is 0 Å². The summed E-state index contributed by atoms with van der Waals surface area (Å²) in [6, 6.07) is 16.2. The SMILES string of the molecule is N#Cc1ccc(C(=O)NCc2nc3ccccc3[nH]2)cc1. The summed E-state index contributed by atoms with van der Waals surface area (Å²) >= 11 is 0. The van der Waals surface area contributed by atoms with E-state index in [-0.39, 0.29) is 5.91 Å². The van der Waals surface area contributed by atoms with Crippen molar-refractivity contribution in [1.29, 1.82) is 5.26 Å². The molecule has 1 heterocycles. The van der Waals surface area contributed by atoms with E-state index in [2.05, 4.69) is 15.3 Å². The van der Waals surface area contributed by atoms with Gasteiger partial charge in [-0.25, -0.2) is 4.98 Å². The molecule has 3 rings (SSSR count). The number of carbonyl (C=O) groups excluding carboxylic acids is 1. The smallest absolute Gasteiger partial charge is 0.251 e. The molecule has 2 N–H and O–H groups in total. The quantitative estimate of drug-likeness (QED) is 0.770. The van der Waals surface area contributed by atoms with E-state index in [4.69, 9.17) is 5.26 Å². The zero-order valence-corrected chi connectivity index (χ0v) is 11.1. The first-order valence-corrected chi connectivity index (χ1v) is 6.48. The third-order valence-electron chi connectivity index (χ3n) is 3.13. The number of nitriles is 1. The van der Waals surface area contributed by atoms with E-state index >= 15 is 0 Å². The van der Waals surface area contributed by atoms with Gasteiger partial charge in [-0.1, -0.05) is 12.1 Å². The Bertz CT molecular complexity index is 794. The molecule has 102 valence electrons. The van der Waals surface area contributed by atoms with Crippen LogP contribution in [0.4, 0.5) is 0 Å². The molecule has 0 aliphatic rings. The lowest BCUT2D eigenvalue weighted by Gasteiger charge is -2.03.